The Morgan fingerprint density at radius 2 is 2.04 bits per heavy atom. The molecule has 4 bridgehead atoms. The topological polar surface area (TPSA) is 44.5 Å². The van der Waals surface area contributed by atoms with Crippen molar-refractivity contribution < 1.29 is 9.47 Å². The lowest BCUT2D eigenvalue weighted by atomic mass is 9.78. The van der Waals surface area contributed by atoms with Gasteiger partial charge in [0.15, 0.2) is 0 Å². The summed E-state index contributed by atoms with van der Waals surface area (Å²) in [5, 5.41) is 0. The molecule has 0 radical (unpaired) electrons. The fraction of sp³-hybridized carbons (Fsp3) is 0.600. The van der Waals surface area contributed by atoms with E-state index in [1.807, 2.05) is 0 Å². The maximum atomic E-state index is 6.72. The van der Waals surface area contributed by atoms with Crippen LogP contribution in [-0.4, -0.2) is 24.9 Å². The fourth-order valence-electron chi connectivity index (χ4n) is 5.51. The highest BCUT2D eigenvalue weighted by molar-refractivity contribution is 5.29. The summed E-state index contributed by atoms with van der Waals surface area (Å²) >= 11 is 0. The van der Waals surface area contributed by atoms with Gasteiger partial charge in [-0.3, -0.25) is 0 Å². The molecule has 1 saturated heterocycles. The van der Waals surface area contributed by atoms with Gasteiger partial charge in [-0.15, -0.1) is 0 Å². The Balaban J connectivity index is 1.41. The molecule has 3 heteroatoms. The van der Waals surface area contributed by atoms with Gasteiger partial charge in [-0.2, -0.15) is 0 Å². The third-order valence-electron chi connectivity index (χ3n) is 6.69. The van der Waals surface area contributed by atoms with Crippen LogP contribution in [-0.2, 0) is 15.1 Å². The summed E-state index contributed by atoms with van der Waals surface area (Å²) in [4.78, 5) is 0. The van der Waals surface area contributed by atoms with Crippen LogP contribution in [0.2, 0.25) is 0 Å². The van der Waals surface area contributed by atoms with Gasteiger partial charge in [-0.05, 0) is 37.2 Å². The minimum absolute atomic E-state index is 0.171. The quantitative estimate of drug-likeness (QED) is 0.869. The van der Waals surface area contributed by atoms with Crippen LogP contribution in [0, 0.1) is 17.8 Å². The van der Waals surface area contributed by atoms with Crippen molar-refractivity contribution in [1.82, 2.24) is 0 Å². The molecule has 3 nitrogen and oxygen atoms in total. The predicted molar refractivity (Wildman–Crippen MR) is 88.8 cm³/mol. The summed E-state index contributed by atoms with van der Waals surface area (Å²) in [6, 6.07) is 11.1. The largest absolute Gasteiger partial charge is 0.370 e. The highest BCUT2D eigenvalue weighted by Crippen LogP contribution is 2.57. The zero-order valence-electron chi connectivity index (χ0n) is 13.4. The Kier molecular flexibility index (Phi) is 3.19. The predicted octanol–water partition coefficient (Wildman–Crippen LogP) is 3.00. The van der Waals surface area contributed by atoms with Gasteiger partial charge in [0.2, 0.25) is 0 Å². The van der Waals surface area contributed by atoms with Gasteiger partial charge in [0.25, 0.3) is 0 Å². The summed E-state index contributed by atoms with van der Waals surface area (Å²) in [5.41, 5.74) is 7.68. The Labute approximate surface area is 137 Å². The lowest BCUT2D eigenvalue weighted by Gasteiger charge is -2.39. The first-order valence-corrected chi connectivity index (χ1v) is 9.05. The van der Waals surface area contributed by atoms with Crippen LogP contribution < -0.4 is 5.73 Å². The minimum atomic E-state index is -0.171. The second kappa shape index (κ2) is 5.17. The molecule has 3 fully saturated rings. The second-order valence-electron chi connectivity index (χ2n) is 7.81. The van der Waals surface area contributed by atoms with Crippen LogP contribution in [0.3, 0.4) is 0 Å². The summed E-state index contributed by atoms with van der Waals surface area (Å²) in [5.74, 6) is 1.59. The van der Waals surface area contributed by atoms with Crippen LogP contribution in [0.25, 0.3) is 0 Å². The molecule has 1 aromatic rings. The molecule has 2 N–H and O–H groups in total. The minimum Gasteiger partial charge on any atom is -0.370 e. The van der Waals surface area contributed by atoms with Crippen molar-refractivity contribution in [3.63, 3.8) is 0 Å². The van der Waals surface area contributed by atoms with E-state index in [9.17, 15) is 0 Å². The fourth-order valence-corrected chi connectivity index (χ4v) is 5.51. The number of nitrogens with two attached hydrogens (primary N) is 1. The monoisotopic (exact) mass is 311 g/mol. The molecule has 23 heavy (non-hydrogen) atoms. The van der Waals surface area contributed by atoms with Gasteiger partial charge in [0, 0.05) is 17.9 Å². The molecule has 1 aromatic carbocycles. The van der Waals surface area contributed by atoms with Gasteiger partial charge in [0.05, 0.1) is 24.4 Å². The summed E-state index contributed by atoms with van der Waals surface area (Å²) in [7, 11) is 0. The SMILES string of the molecule is NC1C2CCC1C(OCC1CC3C=CC1O3)(c1ccccc1)C2. The average molecular weight is 311 g/mol. The van der Waals surface area contributed by atoms with Crippen LogP contribution in [0.4, 0.5) is 0 Å². The maximum absolute atomic E-state index is 6.72. The first-order chi connectivity index (χ1) is 11.3. The number of rotatable bonds is 4. The number of ether oxygens (including phenoxy) is 2. The van der Waals surface area contributed by atoms with Crippen molar-refractivity contribution in [3.8, 4) is 0 Å². The number of hydrogen-bond acceptors (Lipinski definition) is 3. The smallest absolute Gasteiger partial charge is 0.0977 e. The Bertz CT molecular complexity index is 615. The molecule has 0 amide bonds. The van der Waals surface area contributed by atoms with E-state index in [0.29, 0.717) is 29.9 Å². The van der Waals surface area contributed by atoms with Crippen molar-refractivity contribution >= 4 is 0 Å². The first-order valence-electron chi connectivity index (χ1n) is 9.05. The Hall–Kier alpha value is -1.16. The summed E-state index contributed by atoms with van der Waals surface area (Å²) < 4.78 is 12.6. The molecular weight excluding hydrogens is 286 g/mol. The van der Waals surface area contributed by atoms with Gasteiger partial charge in [-0.25, -0.2) is 0 Å². The molecule has 0 aromatic heterocycles. The van der Waals surface area contributed by atoms with Gasteiger partial charge in [-0.1, -0.05) is 42.5 Å². The lowest BCUT2D eigenvalue weighted by Crippen LogP contribution is -2.41. The number of hydrogen-bond donors (Lipinski definition) is 1. The van der Waals surface area contributed by atoms with E-state index in [-0.39, 0.29) is 11.7 Å². The van der Waals surface area contributed by atoms with Crippen molar-refractivity contribution in [3.05, 3.63) is 48.0 Å². The molecular formula is C20H25NO2. The number of fused-ring (bicyclic) bond motifs is 4. The van der Waals surface area contributed by atoms with E-state index in [4.69, 9.17) is 15.2 Å². The molecule has 5 rings (SSSR count). The third kappa shape index (κ3) is 2.07. The molecule has 0 spiro atoms. The van der Waals surface area contributed by atoms with Crippen LogP contribution >= 0.6 is 0 Å². The molecule has 7 atom stereocenters. The molecule has 4 aliphatic rings. The third-order valence-corrected chi connectivity index (χ3v) is 6.69. The second-order valence-corrected chi connectivity index (χ2v) is 7.81. The molecule has 2 heterocycles. The summed E-state index contributed by atoms with van der Waals surface area (Å²) in [6.07, 6.45) is 9.65. The van der Waals surface area contributed by atoms with Crippen molar-refractivity contribution in [2.75, 3.05) is 6.61 Å². The van der Waals surface area contributed by atoms with E-state index in [2.05, 4.69) is 42.5 Å². The van der Waals surface area contributed by atoms with Crippen LogP contribution in [0.5, 0.6) is 0 Å². The zero-order chi connectivity index (χ0) is 15.4. The standard InChI is InChI=1S/C20H25NO2/c21-19-13-6-8-17(19)20(11-13,15-4-2-1-3-5-15)22-12-14-10-16-7-9-18(14)23-16/h1-5,7,9,13-14,16-19H,6,8,10-12,21H2. The van der Waals surface area contributed by atoms with E-state index < -0.39 is 0 Å². The first kappa shape index (κ1) is 14.2. The van der Waals surface area contributed by atoms with Crippen molar-refractivity contribution in [1.29, 1.82) is 0 Å². The lowest BCUT2D eigenvalue weighted by molar-refractivity contribution is -0.106. The molecule has 2 saturated carbocycles. The average Bonchev–Trinajstić information content (AvgIpc) is 3.35. The van der Waals surface area contributed by atoms with Crippen molar-refractivity contribution in [2.24, 2.45) is 23.5 Å². The molecule has 2 aliphatic carbocycles. The maximum Gasteiger partial charge on any atom is 0.0977 e. The van der Waals surface area contributed by atoms with E-state index in [1.165, 1.54) is 18.4 Å². The normalized spacial score (nSPS) is 46.8. The van der Waals surface area contributed by atoms with Gasteiger partial charge in [0.1, 0.15) is 0 Å². The van der Waals surface area contributed by atoms with Crippen LogP contribution in [0.15, 0.2) is 42.5 Å². The van der Waals surface area contributed by atoms with E-state index in [1.54, 1.807) is 0 Å². The van der Waals surface area contributed by atoms with Crippen LogP contribution in [0.1, 0.15) is 31.2 Å². The molecule has 7 unspecified atom stereocenters. The molecule has 2 aliphatic heterocycles. The van der Waals surface area contributed by atoms with E-state index in [0.717, 1.165) is 19.4 Å². The van der Waals surface area contributed by atoms with E-state index >= 15 is 0 Å². The Morgan fingerprint density at radius 3 is 2.65 bits per heavy atom. The van der Waals surface area contributed by atoms with Gasteiger partial charge < -0.3 is 15.2 Å². The highest BCUT2D eigenvalue weighted by atomic mass is 16.5. The Morgan fingerprint density at radius 1 is 1.17 bits per heavy atom. The van der Waals surface area contributed by atoms with Crippen molar-refractivity contribution in [2.45, 2.75) is 49.5 Å². The zero-order valence-corrected chi connectivity index (χ0v) is 13.4. The highest BCUT2D eigenvalue weighted by Gasteiger charge is 2.58. The summed E-state index contributed by atoms with van der Waals surface area (Å²) in [6.45, 7) is 0.788. The molecule has 122 valence electrons. The number of benzene rings is 1. The van der Waals surface area contributed by atoms with Gasteiger partial charge >= 0.3 is 0 Å².